The van der Waals surface area contributed by atoms with E-state index >= 15 is 0 Å². The molecule has 0 fully saturated rings. The fraction of sp³-hybridized carbons (Fsp3) is 0.538. The second-order valence-electron chi connectivity index (χ2n) is 4.20. The van der Waals surface area contributed by atoms with Gasteiger partial charge in [-0.15, -0.1) is 0 Å². The fourth-order valence-electron chi connectivity index (χ4n) is 2.09. The van der Waals surface area contributed by atoms with E-state index in [-0.39, 0.29) is 17.0 Å². The van der Waals surface area contributed by atoms with Crippen molar-refractivity contribution in [3.05, 3.63) is 23.8 Å². The molecule has 0 aromatic rings. The van der Waals surface area contributed by atoms with Crippen LogP contribution in [0.25, 0.3) is 0 Å². The summed E-state index contributed by atoms with van der Waals surface area (Å²) < 4.78 is 0. The van der Waals surface area contributed by atoms with E-state index in [0.717, 1.165) is 18.4 Å². The number of Topliss-reactive ketones (excluding diaryl/α,β-unsaturated/α-hetero) is 2. The number of carbonyl (C=O) groups excluding carboxylic acids is 2. The Balaban J connectivity index is 2.91. The molecule has 0 aromatic carbocycles. The van der Waals surface area contributed by atoms with Crippen molar-refractivity contribution in [1.29, 1.82) is 0 Å². The van der Waals surface area contributed by atoms with Crippen LogP contribution in [0.2, 0.25) is 0 Å². The molecule has 0 amide bonds. The lowest BCUT2D eigenvalue weighted by Gasteiger charge is -2.30. The maximum absolute atomic E-state index is 11.6. The van der Waals surface area contributed by atoms with Crippen LogP contribution in [0.3, 0.4) is 0 Å². The predicted molar refractivity (Wildman–Crippen MR) is 60.5 cm³/mol. The van der Waals surface area contributed by atoms with Gasteiger partial charge in [-0.25, -0.2) is 0 Å². The van der Waals surface area contributed by atoms with E-state index in [1.54, 1.807) is 13.8 Å². The summed E-state index contributed by atoms with van der Waals surface area (Å²) in [5.41, 5.74) is 0.518. The first-order valence-corrected chi connectivity index (χ1v) is 5.37. The van der Waals surface area contributed by atoms with Gasteiger partial charge in [0, 0.05) is 0 Å². The highest BCUT2D eigenvalue weighted by molar-refractivity contribution is 5.94. The number of allylic oxidation sites excluding steroid dienone is 4. The molecule has 2 nitrogen and oxygen atoms in total. The minimum Gasteiger partial charge on any atom is -0.299 e. The van der Waals surface area contributed by atoms with Gasteiger partial charge in [-0.2, -0.15) is 0 Å². The Hall–Kier alpha value is -1.18. The lowest BCUT2D eigenvalue weighted by atomic mass is 9.71. The lowest BCUT2D eigenvalue weighted by molar-refractivity contribution is -0.125. The van der Waals surface area contributed by atoms with E-state index in [2.05, 4.69) is 0 Å². The van der Waals surface area contributed by atoms with E-state index in [9.17, 15) is 9.59 Å². The normalized spacial score (nSPS) is 26.5. The number of hydrogen-bond acceptors (Lipinski definition) is 2. The predicted octanol–water partition coefficient (Wildman–Crippen LogP) is 2.84. The van der Waals surface area contributed by atoms with Gasteiger partial charge in [0.2, 0.25) is 0 Å². The molecule has 0 N–H and O–H groups in total. The molecule has 1 aliphatic rings. The summed E-state index contributed by atoms with van der Waals surface area (Å²) >= 11 is 0. The Bertz CT molecular complexity index is 336. The molecule has 1 aliphatic carbocycles. The van der Waals surface area contributed by atoms with Crippen LogP contribution in [0, 0.1) is 5.41 Å². The molecule has 2 heteroatoms. The second kappa shape index (κ2) is 4.56. The van der Waals surface area contributed by atoms with Gasteiger partial charge in [-0.3, -0.25) is 9.59 Å². The Morgan fingerprint density at radius 2 is 2.07 bits per heavy atom. The van der Waals surface area contributed by atoms with Gasteiger partial charge in [-0.05, 0) is 45.6 Å². The second-order valence-corrected chi connectivity index (χ2v) is 4.20. The van der Waals surface area contributed by atoms with Crippen molar-refractivity contribution < 1.29 is 9.59 Å². The molecule has 0 aliphatic heterocycles. The minimum atomic E-state index is -0.353. The van der Waals surface area contributed by atoms with Crippen molar-refractivity contribution in [1.82, 2.24) is 0 Å². The van der Waals surface area contributed by atoms with Crippen molar-refractivity contribution in [2.75, 3.05) is 0 Å². The molecule has 0 radical (unpaired) electrons. The van der Waals surface area contributed by atoms with Gasteiger partial charge in [0.1, 0.15) is 5.78 Å². The molecular formula is C13H18O2. The molecule has 1 atom stereocenters. The summed E-state index contributed by atoms with van der Waals surface area (Å²) in [6.07, 6.45) is 7.98. The van der Waals surface area contributed by atoms with Crippen molar-refractivity contribution in [2.24, 2.45) is 5.41 Å². The van der Waals surface area contributed by atoms with Crippen LogP contribution < -0.4 is 0 Å². The van der Waals surface area contributed by atoms with Crippen LogP contribution in [0.15, 0.2) is 23.8 Å². The lowest BCUT2D eigenvalue weighted by Crippen LogP contribution is -2.29. The Morgan fingerprint density at radius 1 is 1.40 bits per heavy atom. The number of ketones is 2. The average Bonchev–Trinajstić information content (AvgIpc) is 2.18. The van der Waals surface area contributed by atoms with Crippen LogP contribution in [-0.4, -0.2) is 11.6 Å². The zero-order chi connectivity index (χ0) is 11.5. The van der Waals surface area contributed by atoms with Crippen LogP contribution in [0.4, 0.5) is 0 Å². The average molecular weight is 206 g/mol. The highest BCUT2D eigenvalue weighted by Crippen LogP contribution is 2.37. The minimum absolute atomic E-state index is 0.132. The first-order valence-electron chi connectivity index (χ1n) is 5.37. The van der Waals surface area contributed by atoms with Gasteiger partial charge in [0.25, 0.3) is 0 Å². The van der Waals surface area contributed by atoms with Crippen molar-refractivity contribution >= 4 is 11.6 Å². The molecule has 15 heavy (non-hydrogen) atoms. The van der Waals surface area contributed by atoms with Gasteiger partial charge in [-0.1, -0.05) is 18.2 Å². The van der Waals surface area contributed by atoms with Gasteiger partial charge >= 0.3 is 0 Å². The van der Waals surface area contributed by atoms with Gasteiger partial charge in [0.05, 0.1) is 5.41 Å². The SMILES string of the molecule is C/C=C/[C@@]1(C(C)=O)CC=C(C(C)=O)CC1. The van der Waals surface area contributed by atoms with Gasteiger partial charge < -0.3 is 0 Å². The maximum atomic E-state index is 11.6. The maximum Gasteiger partial charge on any atom is 0.155 e. The highest BCUT2D eigenvalue weighted by Gasteiger charge is 2.34. The molecule has 0 saturated heterocycles. The van der Waals surface area contributed by atoms with E-state index in [4.69, 9.17) is 0 Å². The third-order valence-electron chi connectivity index (χ3n) is 3.19. The third kappa shape index (κ3) is 2.44. The zero-order valence-electron chi connectivity index (χ0n) is 9.67. The largest absolute Gasteiger partial charge is 0.299 e. The van der Waals surface area contributed by atoms with E-state index in [0.29, 0.717) is 6.42 Å². The highest BCUT2D eigenvalue weighted by atomic mass is 16.1. The number of carbonyl (C=O) groups is 2. The molecule has 82 valence electrons. The molecule has 0 unspecified atom stereocenters. The van der Waals surface area contributed by atoms with Crippen LogP contribution in [0.1, 0.15) is 40.0 Å². The number of rotatable bonds is 3. The van der Waals surface area contributed by atoms with Crippen LogP contribution in [0.5, 0.6) is 0 Å². The smallest absolute Gasteiger partial charge is 0.155 e. The van der Waals surface area contributed by atoms with Crippen molar-refractivity contribution in [2.45, 2.75) is 40.0 Å². The Labute approximate surface area is 91.1 Å². The monoisotopic (exact) mass is 206 g/mol. The zero-order valence-corrected chi connectivity index (χ0v) is 9.67. The molecule has 0 spiro atoms. The molecule has 0 bridgehead atoms. The Kier molecular flexibility index (Phi) is 3.61. The first-order chi connectivity index (χ1) is 7.02. The third-order valence-corrected chi connectivity index (χ3v) is 3.19. The van der Waals surface area contributed by atoms with E-state index < -0.39 is 0 Å². The molecule has 0 heterocycles. The summed E-state index contributed by atoms with van der Waals surface area (Å²) in [4.78, 5) is 22.8. The van der Waals surface area contributed by atoms with Crippen molar-refractivity contribution in [3.63, 3.8) is 0 Å². The molecular weight excluding hydrogens is 188 g/mol. The van der Waals surface area contributed by atoms with Gasteiger partial charge in [0.15, 0.2) is 5.78 Å². The first kappa shape index (κ1) is 11.9. The summed E-state index contributed by atoms with van der Waals surface area (Å²) in [5, 5.41) is 0. The summed E-state index contributed by atoms with van der Waals surface area (Å²) in [6.45, 7) is 5.14. The van der Waals surface area contributed by atoms with E-state index in [1.807, 2.05) is 25.2 Å². The quantitative estimate of drug-likeness (QED) is 0.665. The van der Waals surface area contributed by atoms with Crippen LogP contribution in [-0.2, 0) is 9.59 Å². The molecule has 0 saturated carbocycles. The summed E-state index contributed by atoms with van der Waals surface area (Å²) in [5.74, 6) is 0.326. The van der Waals surface area contributed by atoms with E-state index in [1.165, 1.54) is 0 Å². The topological polar surface area (TPSA) is 34.1 Å². The fourth-order valence-corrected chi connectivity index (χ4v) is 2.09. The summed E-state index contributed by atoms with van der Waals surface area (Å²) in [7, 11) is 0. The standard InChI is InChI=1S/C13H18O2/c1-4-7-13(11(3)15)8-5-12(6-9-13)10(2)14/h4-5,7H,6,8-9H2,1-3H3/b7-4+/t13-/m1/s1. The van der Waals surface area contributed by atoms with Crippen LogP contribution >= 0.6 is 0 Å². The Morgan fingerprint density at radius 3 is 2.40 bits per heavy atom. The summed E-state index contributed by atoms with van der Waals surface area (Å²) in [6, 6.07) is 0. The van der Waals surface area contributed by atoms with Crippen molar-refractivity contribution in [3.8, 4) is 0 Å². The molecule has 0 aromatic heterocycles. The molecule has 1 rings (SSSR count). The number of hydrogen-bond donors (Lipinski definition) is 0.